The van der Waals surface area contributed by atoms with Gasteiger partial charge in [-0.3, -0.25) is 0 Å². The summed E-state index contributed by atoms with van der Waals surface area (Å²) in [6.07, 6.45) is 4.41. The number of allylic oxidation sites excluding steroid dienone is 4. The van der Waals surface area contributed by atoms with E-state index in [0.29, 0.717) is 0 Å². The molecule has 2 heteroatoms. The standard InChI is InChI=1S/C16H18N2/c1-11-7-12(2)16(8-11)15-6-5-14(18(3)4)9-13(15)10-17/h5-9,16H,1-4H3. The molecule has 0 N–H and O–H groups in total. The van der Waals surface area contributed by atoms with Crippen LogP contribution in [0.4, 0.5) is 5.69 Å². The Hall–Kier alpha value is -2.01. The van der Waals surface area contributed by atoms with Crippen LogP contribution in [0.15, 0.2) is 41.5 Å². The minimum atomic E-state index is 0.260. The Kier molecular flexibility index (Phi) is 3.25. The molecule has 1 aliphatic carbocycles. The van der Waals surface area contributed by atoms with E-state index in [9.17, 15) is 5.26 Å². The smallest absolute Gasteiger partial charge is 0.0995 e. The van der Waals surface area contributed by atoms with Gasteiger partial charge in [-0.2, -0.15) is 5.26 Å². The Morgan fingerprint density at radius 3 is 2.44 bits per heavy atom. The molecule has 0 fully saturated rings. The molecule has 0 radical (unpaired) electrons. The van der Waals surface area contributed by atoms with Gasteiger partial charge >= 0.3 is 0 Å². The van der Waals surface area contributed by atoms with E-state index >= 15 is 0 Å². The second-order valence-corrected chi connectivity index (χ2v) is 5.05. The van der Waals surface area contributed by atoms with Crippen molar-refractivity contribution >= 4 is 5.69 Å². The van der Waals surface area contributed by atoms with E-state index in [4.69, 9.17) is 0 Å². The summed E-state index contributed by atoms with van der Waals surface area (Å²) in [7, 11) is 3.97. The molecule has 1 atom stereocenters. The third kappa shape index (κ3) is 2.17. The predicted octanol–water partition coefficient (Wildman–Crippen LogP) is 3.61. The molecule has 18 heavy (non-hydrogen) atoms. The lowest BCUT2D eigenvalue weighted by Crippen LogP contribution is -2.09. The molecule has 0 amide bonds. The van der Waals surface area contributed by atoms with Gasteiger partial charge in [-0.25, -0.2) is 0 Å². The van der Waals surface area contributed by atoms with E-state index in [-0.39, 0.29) is 5.92 Å². The lowest BCUT2D eigenvalue weighted by atomic mass is 9.91. The Balaban J connectivity index is 2.47. The van der Waals surface area contributed by atoms with Crippen LogP contribution in [-0.4, -0.2) is 14.1 Å². The third-order valence-corrected chi connectivity index (χ3v) is 3.38. The first-order valence-electron chi connectivity index (χ1n) is 6.11. The summed E-state index contributed by atoms with van der Waals surface area (Å²) in [5, 5.41) is 9.33. The highest BCUT2D eigenvalue weighted by molar-refractivity contribution is 5.58. The molecule has 2 nitrogen and oxygen atoms in total. The Bertz CT molecular complexity index is 571. The monoisotopic (exact) mass is 238 g/mol. The lowest BCUT2D eigenvalue weighted by molar-refractivity contribution is 1.00. The molecule has 0 aliphatic heterocycles. The third-order valence-electron chi connectivity index (χ3n) is 3.38. The summed E-state index contributed by atoms with van der Waals surface area (Å²) in [5.41, 5.74) is 5.52. The van der Waals surface area contributed by atoms with Crippen molar-refractivity contribution in [3.63, 3.8) is 0 Å². The number of anilines is 1. The van der Waals surface area contributed by atoms with Crippen LogP contribution in [0.3, 0.4) is 0 Å². The van der Waals surface area contributed by atoms with E-state index in [0.717, 1.165) is 16.8 Å². The first kappa shape index (κ1) is 12.4. The van der Waals surface area contributed by atoms with Crippen LogP contribution in [0.25, 0.3) is 0 Å². The number of nitrogens with zero attached hydrogens (tertiary/aromatic N) is 2. The van der Waals surface area contributed by atoms with Gasteiger partial charge in [-0.1, -0.05) is 29.4 Å². The second kappa shape index (κ2) is 4.70. The maximum absolute atomic E-state index is 9.33. The summed E-state index contributed by atoms with van der Waals surface area (Å²) < 4.78 is 0. The average molecular weight is 238 g/mol. The van der Waals surface area contributed by atoms with E-state index in [1.165, 1.54) is 11.1 Å². The normalized spacial score (nSPS) is 18.1. The highest BCUT2D eigenvalue weighted by Crippen LogP contribution is 2.35. The van der Waals surface area contributed by atoms with Gasteiger partial charge in [0, 0.05) is 25.7 Å². The van der Waals surface area contributed by atoms with Gasteiger partial charge in [-0.05, 0) is 31.5 Å². The number of nitriles is 1. The molecule has 1 aliphatic rings. The predicted molar refractivity (Wildman–Crippen MR) is 75.7 cm³/mol. The van der Waals surface area contributed by atoms with Gasteiger partial charge in [-0.15, -0.1) is 0 Å². The van der Waals surface area contributed by atoms with Gasteiger partial charge in [0.2, 0.25) is 0 Å². The summed E-state index contributed by atoms with van der Waals surface area (Å²) in [6, 6.07) is 8.43. The van der Waals surface area contributed by atoms with Crippen molar-refractivity contribution < 1.29 is 0 Å². The van der Waals surface area contributed by atoms with Gasteiger partial charge in [0.25, 0.3) is 0 Å². The van der Waals surface area contributed by atoms with Crippen molar-refractivity contribution in [3.05, 3.63) is 52.6 Å². The fourth-order valence-electron chi connectivity index (χ4n) is 2.42. The van der Waals surface area contributed by atoms with Gasteiger partial charge in [0.05, 0.1) is 11.6 Å². The van der Waals surface area contributed by atoms with Gasteiger partial charge in [0.1, 0.15) is 0 Å². The molecular formula is C16H18N2. The molecule has 1 aromatic rings. The molecule has 2 rings (SSSR count). The average Bonchev–Trinajstić information content (AvgIpc) is 2.67. The zero-order valence-corrected chi connectivity index (χ0v) is 11.4. The summed E-state index contributed by atoms with van der Waals surface area (Å²) in [5.74, 6) is 0.260. The van der Waals surface area contributed by atoms with Gasteiger partial charge < -0.3 is 4.90 Å². The lowest BCUT2D eigenvalue weighted by Gasteiger charge is -2.17. The van der Waals surface area contributed by atoms with Crippen molar-refractivity contribution in [1.29, 1.82) is 5.26 Å². The zero-order valence-electron chi connectivity index (χ0n) is 11.4. The van der Waals surface area contributed by atoms with Gasteiger partial charge in [0.15, 0.2) is 0 Å². The molecule has 0 spiro atoms. The van der Waals surface area contributed by atoms with Crippen LogP contribution in [-0.2, 0) is 0 Å². The van der Waals surface area contributed by atoms with Crippen molar-refractivity contribution in [1.82, 2.24) is 0 Å². The number of hydrogen-bond acceptors (Lipinski definition) is 2. The quantitative estimate of drug-likeness (QED) is 0.787. The minimum Gasteiger partial charge on any atom is -0.378 e. The van der Waals surface area contributed by atoms with Crippen molar-refractivity contribution in [2.45, 2.75) is 19.8 Å². The first-order chi connectivity index (χ1) is 8.52. The summed E-state index contributed by atoms with van der Waals surface area (Å²) in [4.78, 5) is 2.02. The van der Waals surface area contributed by atoms with E-state index < -0.39 is 0 Å². The van der Waals surface area contributed by atoms with E-state index in [1.54, 1.807) is 0 Å². The highest BCUT2D eigenvalue weighted by Gasteiger charge is 2.19. The molecular weight excluding hydrogens is 220 g/mol. The fraction of sp³-hybridized carbons (Fsp3) is 0.312. The van der Waals surface area contributed by atoms with Crippen molar-refractivity contribution in [2.75, 3.05) is 19.0 Å². The van der Waals surface area contributed by atoms with Crippen LogP contribution < -0.4 is 4.90 Å². The van der Waals surface area contributed by atoms with Crippen LogP contribution in [0.2, 0.25) is 0 Å². The van der Waals surface area contributed by atoms with Crippen LogP contribution in [0.1, 0.15) is 30.9 Å². The summed E-state index contributed by atoms with van der Waals surface area (Å²) in [6.45, 7) is 4.22. The Labute approximate surface area is 109 Å². The molecule has 0 saturated carbocycles. The number of benzene rings is 1. The van der Waals surface area contributed by atoms with Crippen LogP contribution in [0.5, 0.6) is 0 Å². The highest BCUT2D eigenvalue weighted by atomic mass is 15.1. The van der Waals surface area contributed by atoms with Crippen molar-refractivity contribution in [3.8, 4) is 6.07 Å². The molecule has 1 unspecified atom stereocenters. The minimum absolute atomic E-state index is 0.260. The Morgan fingerprint density at radius 1 is 1.22 bits per heavy atom. The van der Waals surface area contributed by atoms with Crippen LogP contribution in [0, 0.1) is 11.3 Å². The molecule has 0 heterocycles. The molecule has 92 valence electrons. The zero-order chi connectivity index (χ0) is 13.3. The number of rotatable bonds is 2. The fourth-order valence-corrected chi connectivity index (χ4v) is 2.42. The second-order valence-electron chi connectivity index (χ2n) is 5.05. The van der Waals surface area contributed by atoms with Crippen molar-refractivity contribution in [2.24, 2.45) is 0 Å². The van der Waals surface area contributed by atoms with E-state index in [2.05, 4.69) is 44.2 Å². The topological polar surface area (TPSA) is 27.0 Å². The maximum atomic E-state index is 9.33. The largest absolute Gasteiger partial charge is 0.378 e. The molecule has 1 aromatic carbocycles. The molecule has 0 bridgehead atoms. The SMILES string of the molecule is CC1=CC(c2ccc(N(C)C)cc2C#N)C(C)=C1. The summed E-state index contributed by atoms with van der Waals surface area (Å²) >= 11 is 0. The number of hydrogen-bond donors (Lipinski definition) is 0. The first-order valence-corrected chi connectivity index (χ1v) is 6.11. The maximum Gasteiger partial charge on any atom is 0.0995 e. The molecule has 0 saturated heterocycles. The molecule has 0 aromatic heterocycles. The van der Waals surface area contributed by atoms with E-state index in [1.807, 2.05) is 25.1 Å². The Morgan fingerprint density at radius 2 is 1.94 bits per heavy atom. The van der Waals surface area contributed by atoms with Crippen LogP contribution >= 0.6 is 0 Å².